The average molecular weight is 374 g/mol. The van der Waals surface area contributed by atoms with Gasteiger partial charge < -0.3 is 19.8 Å². The van der Waals surface area contributed by atoms with Crippen LogP contribution in [0.4, 0.5) is 8.78 Å². The Morgan fingerprint density at radius 3 is 2.59 bits per heavy atom. The van der Waals surface area contributed by atoms with E-state index in [0.717, 1.165) is 6.07 Å². The van der Waals surface area contributed by atoms with Crippen LogP contribution >= 0.6 is 0 Å². The van der Waals surface area contributed by atoms with Crippen LogP contribution in [0, 0.1) is 11.6 Å². The Morgan fingerprint density at radius 1 is 1.19 bits per heavy atom. The van der Waals surface area contributed by atoms with Crippen LogP contribution in [-0.2, 0) is 6.54 Å². The molecule has 3 aromatic rings. The number of carbonyl (C=O) groups is 1. The summed E-state index contributed by atoms with van der Waals surface area (Å²) in [6.07, 6.45) is 0. The minimum absolute atomic E-state index is 0.112. The number of aromatic nitrogens is 1. The lowest BCUT2D eigenvalue weighted by Crippen LogP contribution is -2.14. The summed E-state index contributed by atoms with van der Waals surface area (Å²) >= 11 is 0. The van der Waals surface area contributed by atoms with Crippen LogP contribution in [0.2, 0.25) is 0 Å². The lowest BCUT2D eigenvalue weighted by molar-refractivity contribution is 0.0687. The van der Waals surface area contributed by atoms with E-state index in [2.05, 4.69) is 4.98 Å². The monoisotopic (exact) mass is 374 g/mol. The third kappa shape index (κ3) is 3.65. The van der Waals surface area contributed by atoms with Gasteiger partial charge in [0, 0.05) is 17.3 Å². The average Bonchev–Trinajstić information content (AvgIpc) is 2.61. The largest absolute Gasteiger partial charge is 0.505 e. The summed E-state index contributed by atoms with van der Waals surface area (Å²) in [5.74, 6) is -4.31. The maximum Gasteiger partial charge on any atom is 0.358 e. The molecule has 2 aromatic carbocycles. The first-order chi connectivity index (χ1) is 12.8. The Bertz CT molecular complexity index is 1040. The molecule has 0 amide bonds. The molecule has 0 aliphatic heterocycles. The summed E-state index contributed by atoms with van der Waals surface area (Å²) in [6, 6.07) is 7.98. The number of rotatable bonds is 5. The number of benzene rings is 2. The lowest BCUT2D eigenvalue weighted by Gasteiger charge is -2.15. The van der Waals surface area contributed by atoms with Crippen molar-refractivity contribution in [2.24, 2.45) is 0 Å². The normalized spacial score (nSPS) is 11.1. The van der Waals surface area contributed by atoms with Crippen molar-refractivity contribution in [1.82, 2.24) is 9.88 Å². The number of hydrogen-bond acceptors (Lipinski definition) is 5. The third-order valence-electron chi connectivity index (χ3n) is 3.84. The molecule has 8 heteroatoms. The molecule has 1 aromatic heterocycles. The Hall–Kier alpha value is -3.26. The number of fused-ring (bicyclic) bond motifs is 1. The third-order valence-corrected chi connectivity index (χ3v) is 3.84. The highest BCUT2D eigenvalue weighted by atomic mass is 19.2. The molecule has 6 nitrogen and oxygen atoms in total. The number of nitrogens with zero attached hydrogens (tertiary/aromatic N) is 2. The van der Waals surface area contributed by atoms with E-state index in [1.54, 1.807) is 25.1 Å². The van der Waals surface area contributed by atoms with Crippen molar-refractivity contribution >= 4 is 16.7 Å². The predicted octanol–water partition coefficient (Wildman–Crippen LogP) is 3.77. The fourth-order valence-electron chi connectivity index (χ4n) is 2.67. The molecule has 3 rings (SSSR count). The highest BCUT2D eigenvalue weighted by Crippen LogP contribution is 2.35. The van der Waals surface area contributed by atoms with Crippen molar-refractivity contribution in [2.45, 2.75) is 6.54 Å². The molecule has 27 heavy (non-hydrogen) atoms. The number of halogens is 2. The van der Waals surface area contributed by atoms with E-state index in [1.807, 2.05) is 0 Å². The molecule has 0 radical (unpaired) electrons. The van der Waals surface area contributed by atoms with Gasteiger partial charge in [0.2, 0.25) is 5.82 Å². The number of aromatic hydroxyl groups is 1. The van der Waals surface area contributed by atoms with Crippen LogP contribution in [0.3, 0.4) is 0 Å². The highest BCUT2D eigenvalue weighted by Gasteiger charge is 2.20. The molecule has 0 bridgehead atoms. The number of ether oxygens (including phenoxy) is 1. The quantitative estimate of drug-likeness (QED) is 0.707. The van der Waals surface area contributed by atoms with E-state index in [9.17, 15) is 23.8 Å². The van der Waals surface area contributed by atoms with Gasteiger partial charge in [-0.05, 0) is 44.4 Å². The molecular weight excluding hydrogens is 358 g/mol. The SMILES string of the molecule is CN(C)Cc1nc(C(=O)O)c(O)c2cc(Oc3cccc(F)c3F)ccc12. The van der Waals surface area contributed by atoms with E-state index in [0.29, 0.717) is 17.6 Å². The van der Waals surface area contributed by atoms with Gasteiger partial charge in [-0.25, -0.2) is 14.2 Å². The van der Waals surface area contributed by atoms with Crippen LogP contribution in [-0.4, -0.2) is 40.2 Å². The van der Waals surface area contributed by atoms with Gasteiger partial charge in [0.1, 0.15) is 5.75 Å². The summed E-state index contributed by atoms with van der Waals surface area (Å²) in [5, 5.41) is 20.3. The molecule has 2 N–H and O–H groups in total. The van der Waals surface area contributed by atoms with Crippen molar-refractivity contribution in [3.05, 3.63) is 59.4 Å². The summed E-state index contributed by atoms with van der Waals surface area (Å²) < 4.78 is 32.5. The number of hydrogen-bond donors (Lipinski definition) is 2. The van der Waals surface area contributed by atoms with E-state index >= 15 is 0 Å². The van der Waals surface area contributed by atoms with Crippen molar-refractivity contribution < 1.29 is 28.5 Å². The standard InChI is InChI=1S/C19H16F2N2O4/c1-23(2)9-14-11-7-6-10(27-15-5-3-4-13(20)16(15)21)8-12(11)18(24)17(22-14)19(25)26/h3-8,24H,9H2,1-2H3,(H,25,26). The number of pyridine rings is 1. The Labute approximate surface area is 153 Å². The molecule has 0 atom stereocenters. The van der Waals surface area contributed by atoms with Gasteiger partial charge >= 0.3 is 5.97 Å². The molecule has 140 valence electrons. The van der Waals surface area contributed by atoms with Crippen LogP contribution in [0.25, 0.3) is 10.8 Å². The topological polar surface area (TPSA) is 82.9 Å². The molecular formula is C19H16F2N2O4. The fraction of sp³-hybridized carbons (Fsp3) is 0.158. The maximum absolute atomic E-state index is 13.8. The molecule has 0 saturated heterocycles. The van der Waals surface area contributed by atoms with Crippen LogP contribution in [0.5, 0.6) is 17.2 Å². The maximum atomic E-state index is 13.8. The van der Waals surface area contributed by atoms with Gasteiger partial charge in [-0.1, -0.05) is 6.07 Å². The van der Waals surface area contributed by atoms with E-state index < -0.39 is 29.0 Å². The second-order valence-corrected chi connectivity index (χ2v) is 6.16. The van der Waals surface area contributed by atoms with Crippen molar-refractivity contribution in [3.63, 3.8) is 0 Å². The van der Waals surface area contributed by atoms with Crippen LogP contribution < -0.4 is 4.74 Å². The summed E-state index contributed by atoms with van der Waals surface area (Å²) in [5.41, 5.74) is -0.0397. The summed E-state index contributed by atoms with van der Waals surface area (Å²) in [4.78, 5) is 17.2. The van der Waals surface area contributed by atoms with Gasteiger partial charge in [-0.3, -0.25) is 0 Å². The Kier molecular flexibility index (Phi) is 4.91. The zero-order valence-electron chi connectivity index (χ0n) is 14.5. The molecule has 0 aliphatic rings. The predicted molar refractivity (Wildman–Crippen MR) is 94.2 cm³/mol. The summed E-state index contributed by atoms with van der Waals surface area (Å²) in [7, 11) is 3.59. The molecule has 0 unspecified atom stereocenters. The molecule has 0 spiro atoms. The number of carboxylic acid groups (broad SMARTS) is 1. The van der Waals surface area contributed by atoms with E-state index in [-0.39, 0.29) is 16.9 Å². The van der Waals surface area contributed by atoms with E-state index in [1.165, 1.54) is 24.3 Å². The number of carboxylic acids is 1. The molecule has 0 saturated carbocycles. The van der Waals surface area contributed by atoms with E-state index in [4.69, 9.17) is 4.74 Å². The molecule has 0 fully saturated rings. The van der Waals surface area contributed by atoms with Gasteiger partial charge in [-0.15, -0.1) is 0 Å². The minimum atomic E-state index is -1.38. The van der Waals surface area contributed by atoms with Crippen LogP contribution in [0.15, 0.2) is 36.4 Å². The first-order valence-corrected chi connectivity index (χ1v) is 7.93. The second kappa shape index (κ2) is 7.16. The molecule has 1 heterocycles. The first-order valence-electron chi connectivity index (χ1n) is 7.93. The second-order valence-electron chi connectivity index (χ2n) is 6.16. The fourth-order valence-corrected chi connectivity index (χ4v) is 2.67. The first kappa shape index (κ1) is 18.5. The van der Waals surface area contributed by atoms with Gasteiger partial charge in [0.05, 0.1) is 5.69 Å². The zero-order valence-corrected chi connectivity index (χ0v) is 14.5. The summed E-state index contributed by atoms with van der Waals surface area (Å²) in [6.45, 7) is 0.343. The lowest BCUT2D eigenvalue weighted by atomic mass is 10.1. The minimum Gasteiger partial charge on any atom is -0.505 e. The van der Waals surface area contributed by atoms with Crippen molar-refractivity contribution in [2.75, 3.05) is 14.1 Å². The Balaban J connectivity index is 2.14. The highest BCUT2D eigenvalue weighted by molar-refractivity contribution is 5.99. The van der Waals surface area contributed by atoms with Gasteiger partial charge in [0.25, 0.3) is 0 Å². The van der Waals surface area contributed by atoms with Gasteiger partial charge in [-0.2, -0.15) is 4.39 Å². The van der Waals surface area contributed by atoms with Crippen molar-refractivity contribution in [3.8, 4) is 17.2 Å². The zero-order chi connectivity index (χ0) is 19.7. The number of aromatic carboxylic acids is 1. The molecule has 0 aliphatic carbocycles. The smallest absolute Gasteiger partial charge is 0.358 e. The van der Waals surface area contributed by atoms with Crippen LogP contribution in [0.1, 0.15) is 16.2 Å². The Morgan fingerprint density at radius 2 is 1.93 bits per heavy atom. The van der Waals surface area contributed by atoms with Gasteiger partial charge in [0.15, 0.2) is 23.0 Å². The van der Waals surface area contributed by atoms with Crippen molar-refractivity contribution in [1.29, 1.82) is 0 Å².